The molecule has 4 atom stereocenters. The van der Waals surface area contributed by atoms with Gasteiger partial charge in [0.25, 0.3) is 0 Å². The summed E-state index contributed by atoms with van der Waals surface area (Å²) in [5, 5.41) is 15.4. The molecule has 0 unspecified atom stereocenters. The molecule has 2 N–H and O–H groups in total. The summed E-state index contributed by atoms with van der Waals surface area (Å²) >= 11 is 1.45. The van der Waals surface area contributed by atoms with Crippen LogP contribution in [-0.4, -0.2) is 33.0 Å². The van der Waals surface area contributed by atoms with E-state index in [1.807, 2.05) is 31.2 Å². The van der Waals surface area contributed by atoms with E-state index in [1.165, 1.54) is 23.2 Å². The standard InChI is InChI=1S/C23H25N3O2S/c1-14-8-18(10-20(14)27)26-23-19(11-24-13-25-23)22(28)21-9-17(12-29-21)15(2)16-6-4-3-5-7-16/h3-7,9,11-15,18,20,27H,8,10H2,1-2H3,(H,24,25,26)/t14-,15-,18-,20+/m1/s1. The number of rotatable bonds is 6. The van der Waals surface area contributed by atoms with Gasteiger partial charge in [0.1, 0.15) is 12.1 Å². The molecule has 29 heavy (non-hydrogen) atoms. The zero-order valence-corrected chi connectivity index (χ0v) is 17.4. The van der Waals surface area contributed by atoms with Gasteiger partial charge in [-0.05, 0) is 41.3 Å². The van der Waals surface area contributed by atoms with Crippen LogP contribution < -0.4 is 5.32 Å². The molecule has 6 heteroatoms. The van der Waals surface area contributed by atoms with Gasteiger partial charge < -0.3 is 10.4 Å². The fourth-order valence-electron chi connectivity index (χ4n) is 3.91. The highest BCUT2D eigenvalue weighted by atomic mass is 32.1. The van der Waals surface area contributed by atoms with Gasteiger partial charge in [-0.25, -0.2) is 9.97 Å². The lowest BCUT2D eigenvalue weighted by Crippen LogP contribution is -2.20. The van der Waals surface area contributed by atoms with Gasteiger partial charge in [-0.3, -0.25) is 4.79 Å². The smallest absolute Gasteiger partial charge is 0.208 e. The Morgan fingerprint density at radius 1 is 1.24 bits per heavy atom. The van der Waals surface area contributed by atoms with Gasteiger partial charge in [0.15, 0.2) is 0 Å². The largest absolute Gasteiger partial charge is 0.393 e. The van der Waals surface area contributed by atoms with Crippen molar-refractivity contribution in [3.8, 4) is 0 Å². The fraction of sp³-hybridized carbons (Fsp3) is 0.348. The summed E-state index contributed by atoms with van der Waals surface area (Å²) in [6.07, 6.45) is 4.23. The van der Waals surface area contributed by atoms with E-state index in [0.29, 0.717) is 22.7 Å². The van der Waals surface area contributed by atoms with E-state index in [9.17, 15) is 9.90 Å². The number of carbonyl (C=O) groups excluding carboxylic acids is 1. The van der Waals surface area contributed by atoms with E-state index in [4.69, 9.17) is 0 Å². The molecule has 150 valence electrons. The molecule has 1 fully saturated rings. The number of aromatic nitrogens is 2. The van der Waals surface area contributed by atoms with Crippen molar-refractivity contribution in [2.24, 2.45) is 5.92 Å². The average molecular weight is 408 g/mol. The van der Waals surface area contributed by atoms with Gasteiger partial charge in [-0.1, -0.05) is 44.2 Å². The van der Waals surface area contributed by atoms with Crippen molar-refractivity contribution >= 4 is 22.9 Å². The van der Waals surface area contributed by atoms with Crippen LogP contribution in [0.1, 0.15) is 59.0 Å². The Morgan fingerprint density at radius 2 is 2.03 bits per heavy atom. The van der Waals surface area contributed by atoms with Gasteiger partial charge in [-0.2, -0.15) is 0 Å². The minimum atomic E-state index is -0.312. The molecule has 1 aromatic carbocycles. The third-order valence-corrected chi connectivity index (χ3v) is 6.73. The molecule has 0 amide bonds. The second-order valence-electron chi connectivity index (χ2n) is 7.85. The van der Waals surface area contributed by atoms with E-state index in [-0.39, 0.29) is 29.8 Å². The summed E-state index contributed by atoms with van der Waals surface area (Å²) in [6.45, 7) is 4.19. The van der Waals surface area contributed by atoms with Crippen LogP contribution in [0.5, 0.6) is 0 Å². The summed E-state index contributed by atoms with van der Waals surface area (Å²) in [7, 11) is 0. The predicted octanol–water partition coefficient (Wildman–Crippen LogP) is 4.49. The first kappa shape index (κ1) is 19.7. The topological polar surface area (TPSA) is 75.1 Å². The molecule has 1 saturated carbocycles. The number of hydrogen-bond donors (Lipinski definition) is 2. The highest BCUT2D eigenvalue weighted by Gasteiger charge is 2.31. The molecule has 0 radical (unpaired) electrons. The van der Waals surface area contributed by atoms with Crippen molar-refractivity contribution in [3.63, 3.8) is 0 Å². The molecule has 0 spiro atoms. The van der Waals surface area contributed by atoms with Gasteiger partial charge >= 0.3 is 0 Å². The molecule has 2 aromatic heterocycles. The number of nitrogens with zero attached hydrogens (tertiary/aromatic N) is 2. The lowest BCUT2D eigenvalue weighted by Gasteiger charge is -2.15. The summed E-state index contributed by atoms with van der Waals surface area (Å²) in [4.78, 5) is 22.2. The number of anilines is 1. The van der Waals surface area contributed by atoms with Crippen LogP contribution >= 0.6 is 11.3 Å². The second-order valence-corrected chi connectivity index (χ2v) is 8.76. The molecular formula is C23H25N3O2S. The number of aliphatic hydroxyl groups is 1. The first-order valence-corrected chi connectivity index (χ1v) is 10.8. The minimum Gasteiger partial charge on any atom is -0.393 e. The van der Waals surface area contributed by atoms with Crippen molar-refractivity contribution in [1.29, 1.82) is 0 Å². The third-order valence-electron chi connectivity index (χ3n) is 5.78. The van der Waals surface area contributed by atoms with Crippen molar-refractivity contribution in [2.45, 2.75) is 44.8 Å². The Balaban J connectivity index is 1.54. The van der Waals surface area contributed by atoms with Crippen LogP contribution in [0.2, 0.25) is 0 Å². The Kier molecular flexibility index (Phi) is 5.74. The number of hydrogen-bond acceptors (Lipinski definition) is 6. The molecular weight excluding hydrogens is 382 g/mol. The molecule has 1 aliphatic carbocycles. The minimum absolute atomic E-state index is 0.0730. The van der Waals surface area contributed by atoms with Gasteiger partial charge in [0.2, 0.25) is 5.78 Å². The molecule has 5 nitrogen and oxygen atoms in total. The predicted molar refractivity (Wildman–Crippen MR) is 116 cm³/mol. The molecule has 3 aromatic rings. The molecule has 0 aliphatic heterocycles. The first-order chi connectivity index (χ1) is 14.0. The third kappa shape index (κ3) is 4.23. The second kappa shape index (κ2) is 8.43. The van der Waals surface area contributed by atoms with E-state index in [0.717, 1.165) is 12.0 Å². The Morgan fingerprint density at radius 3 is 2.76 bits per heavy atom. The maximum absolute atomic E-state index is 13.2. The quantitative estimate of drug-likeness (QED) is 0.589. The summed E-state index contributed by atoms with van der Waals surface area (Å²) in [5.41, 5.74) is 2.83. The van der Waals surface area contributed by atoms with Gasteiger partial charge in [0, 0.05) is 18.2 Å². The van der Waals surface area contributed by atoms with Crippen LogP contribution in [-0.2, 0) is 0 Å². The summed E-state index contributed by atoms with van der Waals surface area (Å²) in [5.74, 6) is 0.937. The molecule has 0 saturated heterocycles. The van der Waals surface area contributed by atoms with E-state index in [1.54, 1.807) is 6.20 Å². The fourth-order valence-corrected chi connectivity index (χ4v) is 4.87. The number of thiophene rings is 1. The van der Waals surface area contributed by atoms with E-state index < -0.39 is 0 Å². The molecule has 4 rings (SSSR count). The van der Waals surface area contributed by atoms with Crippen LogP contribution in [0.25, 0.3) is 0 Å². The van der Waals surface area contributed by atoms with Crippen molar-refractivity contribution < 1.29 is 9.90 Å². The van der Waals surface area contributed by atoms with Crippen LogP contribution in [0.3, 0.4) is 0 Å². The van der Waals surface area contributed by atoms with Gasteiger partial charge in [-0.15, -0.1) is 11.3 Å². The molecule has 2 heterocycles. The SMILES string of the molecule is C[C@H](c1ccccc1)c1csc(C(=O)c2cncnc2N[C@@H]2C[C@@H](C)[C@@H](O)C2)c1. The zero-order chi connectivity index (χ0) is 20.4. The number of ketones is 1. The number of nitrogens with one attached hydrogen (secondary N) is 1. The highest BCUT2D eigenvalue weighted by molar-refractivity contribution is 7.12. The lowest BCUT2D eigenvalue weighted by atomic mass is 9.95. The van der Waals surface area contributed by atoms with Crippen molar-refractivity contribution in [1.82, 2.24) is 9.97 Å². The first-order valence-electron chi connectivity index (χ1n) is 9.95. The van der Waals surface area contributed by atoms with Gasteiger partial charge in [0.05, 0.1) is 16.5 Å². The Bertz CT molecular complexity index is 979. The van der Waals surface area contributed by atoms with Crippen LogP contribution in [0, 0.1) is 5.92 Å². The Labute approximate surface area is 174 Å². The molecule has 0 bridgehead atoms. The monoisotopic (exact) mass is 407 g/mol. The maximum Gasteiger partial charge on any atom is 0.208 e. The maximum atomic E-state index is 13.2. The highest BCUT2D eigenvalue weighted by Crippen LogP contribution is 2.31. The van der Waals surface area contributed by atoms with Crippen LogP contribution in [0.4, 0.5) is 5.82 Å². The van der Waals surface area contributed by atoms with Crippen LogP contribution in [0.15, 0.2) is 54.3 Å². The van der Waals surface area contributed by atoms with Crippen molar-refractivity contribution in [2.75, 3.05) is 5.32 Å². The van der Waals surface area contributed by atoms with Crippen molar-refractivity contribution in [3.05, 3.63) is 75.9 Å². The Hall–Kier alpha value is -2.57. The normalized spacial score (nSPS) is 22.4. The number of carbonyl (C=O) groups is 1. The van der Waals surface area contributed by atoms with E-state index >= 15 is 0 Å². The summed E-state index contributed by atoms with van der Waals surface area (Å²) in [6, 6.07) is 12.4. The van der Waals surface area contributed by atoms with E-state index in [2.05, 4.69) is 39.7 Å². The zero-order valence-electron chi connectivity index (χ0n) is 16.6. The average Bonchev–Trinajstić information content (AvgIpc) is 3.35. The molecule has 1 aliphatic rings. The number of benzene rings is 1. The summed E-state index contributed by atoms with van der Waals surface area (Å²) < 4.78 is 0. The number of aliphatic hydroxyl groups excluding tert-OH is 1. The lowest BCUT2D eigenvalue weighted by molar-refractivity contribution is 0.104.